The maximum atomic E-state index is 6.33. The first-order valence-corrected chi connectivity index (χ1v) is 9.02. The van der Waals surface area contributed by atoms with E-state index in [1.165, 1.54) is 32.1 Å². The summed E-state index contributed by atoms with van der Waals surface area (Å²) in [5.41, 5.74) is 0.909. The Balaban J connectivity index is 2.61. The maximum Gasteiger partial charge on any atom is 0.0444 e. The fourth-order valence-electron chi connectivity index (χ4n) is 2.58. The van der Waals surface area contributed by atoms with Gasteiger partial charge in [0.2, 0.25) is 0 Å². The summed E-state index contributed by atoms with van der Waals surface area (Å²) in [7, 11) is 0. The molecule has 0 aliphatic rings. The van der Waals surface area contributed by atoms with Crippen LogP contribution in [0, 0.1) is 0 Å². The highest BCUT2D eigenvalue weighted by atomic mass is 35.5. The Labute approximate surface area is 138 Å². The number of benzene rings is 1. The van der Waals surface area contributed by atoms with Crippen molar-refractivity contribution in [3.05, 3.63) is 34.9 Å². The number of halogens is 3. The minimum Gasteiger partial charge on any atom is -0.126 e. The summed E-state index contributed by atoms with van der Waals surface area (Å²) in [5.74, 6) is 1.05. The van der Waals surface area contributed by atoms with E-state index in [9.17, 15) is 0 Å². The highest BCUT2D eigenvalue weighted by Gasteiger charge is 2.31. The van der Waals surface area contributed by atoms with E-state index in [0.717, 1.165) is 23.4 Å². The molecule has 0 aliphatic heterocycles. The molecule has 0 N–H and O–H groups in total. The van der Waals surface area contributed by atoms with Gasteiger partial charge in [0, 0.05) is 22.2 Å². The Bertz CT molecular complexity index is 372. The van der Waals surface area contributed by atoms with Crippen LogP contribution in [0.15, 0.2) is 24.3 Å². The Morgan fingerprint density at radius 1 is 0.900 bits per heavy atom. The monoisotopic (exact) mass is 334 g/mol. The second-order valence-electron chi connectivity index (χ2n) is 5.55. The van der Waals surface area contributed by atoms with Crippen LogP contribution < -0.4 is 0 Å². The molecule has 0 fully saturated rings. The van der Waals surface area contributed by atoms with Gasteiger partial charge < -0.3 is 0 Å². The zero-order chi connectivity index (χ0) is 14.8. The third kappa shape index (κ3) is 5.13. The summed E-state index contributed by atoms with van der Waals surface area (Å²) in [5, 5.41) is 0.778. The summed E-state index contributed by atoms with van der Waals surface area (Å²) in [6.07, 6.45) is 8.67. The fraction of sp³-hybridized carbons (Fsp3) is 0.647. The lowest BCUT2D eigenvalue weighted by Crippen LogP contribution is -2.31. The number of hydrogen-bond acceptors (Lipinski definition) is 0. The first-order chi connectivity index (χ1) is 9.70. The quantitative estimate of drug-likeness (QED) is 0.325. The number of rotatable bonds is 10. The van der Waals surface area contributed by atoms with Crippen LogP contribution in [-0.2, 0) is 5.41 Å². The third-order valence-electron chi connectivity index (χ3n) is 3.97. The zero-order valence-electron chi connectivity index (χ0n) is 12.3. The highest BCUT2D eigenvalue weighted by molar-refractivity contribution is 6.32. The van der Waals surface area contributed by atoms with Crippen molar-refractivity contribution in [1.82, 2.24) is 0 Å². The van der Waals surface area contributed by atoms with E-state index < -0.39 is 0 Å². The predicted octanol–water partition coefficient (Wildman–Crippen LogP) is 6.81. The van der Waals surface area contributed by atoms with Crippen molar-refractivity contribution in [3.63, 3.8) is 0 Å². The average Bonchev–Trinajstić information content (AvgIpc) is 2.48. The van der Waals surface area contributed by atoms with Crippen molar-refractivity contribution in [2.75, 3.05) is 11.8 Å². The van der Waals surface area contributed by atoms with Crippen molar-refractivity contribution in [1.29, 1.82) is 0 Å². The Kier molecular flexibility index (Phi) is 9.00. The molecule has 0 heterocycles. The van der Waals surface area contributed by atoms with E-state index in [1.807, 2.05) is 18.2 Å². The van der Waals surface area contributed by atoms with Crippen LogP contribution in [-0.4, -0.2) is 11.8 Å². The topological polar surface area (TPSA) is 0 Å². The number of hydrogen-bond donors (Lipinski definition) is 0. The highest BCUT2D eigenvalue weighted by Crippen LogP contribution is 2.37. The van der Waals surface area contributed by atoms with Crippen LogP contribution in [0.2, 0.25) is 5.02 Å². The summed E-state index contributed by atoms with van der Waals surface area (Å²) >= 11 is 18.8. The molecule has 1 aromatic rings. The van der Waals surface area contributed by atoms with Gasteiger partial charge in [0.1, 0.15) is 0 Å². The summed E-state index contributed by atoms with van der Waals surface area (Å²) in [4.78, 5) is 0. The molecule has 20 heavy (non-hydrogen) atoms. The van der Waals surface area contributed by atoms with Crippen LogP contribution in [0.4, 0.5) is 0 Å². The summed E-state index contributed by atoms with van der Waals surface area (Å²) in [6.45, 7) is 2.24. The molecule has 0 saturated heterocycles. The number of unbranched alkanes of at least 4 members (excludes halogenated alkanes) is 5. The van der Waals surface area contributed by atoms with Crippen LogP contribution in [0.5, 0.6) is 0 Å². The van der Waals surface area contributed by atoms with E-state index in [4.69, 9.17) is 34.8 Å². The molecule has 0 amide bonds. The molecule has 3 heteroatoms. The Hall–Kier alpha value is 0.0900. The second-order valence-corrected chi connectivity index (χ2v) is 6.49. The van der Waals surface area contributed by atoms with Gasteiger partial charge in [-0.3, -0.25) is 0 Å². The van der Waals surface area contributed by atoms with Crippen molar-refractivity contribution < 1.29 is 0 Å². The van der Waals surface area contributed by atoms with Gasteiger partial charge in [-0.2, -0.15) is 0 Å². The van der Waals surface area contributed by atoms with Crippen LogP contribution >= 0.6 is 34.8 Å². The largest absolute Gasteiger partial charge is 0.126 e. The van der Waals surface area contributed by atoms with Crippen LogP contribution in [0.25, 0.3) is 0 Å². The minimum absolute atomic E-state index is 0.188. The van der Waals surface area contributed by atoms with Gasteiger partial charge in [-0.05, 0) is 18.1 Å². The van der Waals surface area contributed by atoms with Gasteiger partial charge in [-0.1, -0.05) is 75.2 Å². The summed E-state index contributed by atoms with van der Waals surface area (Å²) in [6, 6.07) is 7.94. The van der Waals surface area contributed by atoms with Crippen LogP contribution in [0.3, 0.4) is 0 Å². The van der Waals surface area contributed by atoms with Gasteiger partial charge in [-0.25, -0.2) is 0 Å². The SMILES string of the molecule is CCCCCCCCC(CCl)(CCl)c1ccccc1Cl. The van der Waals surface area contributed by atoms with E-state index in [0.29, 0.717) is 11.8 Å². The predicted molar refractivity (Wildman–Crippen MR) is 92.6 cm³/mol. The minimum atomic E-state index is -0.188. The van der Waals surface area contributed by atoms with Crippen molar-refractivity contribution in [3.8, 4) is 0 Å². The molecule has 0 saturated carbocycles. The van der Waals surface area contributed by atoms with Gasteiger partial charge in [0.15, 0.2) is 0 Å². The molecule has 114 valence electrons. The fourth-order valence-corrected chi connectivity index (χ4v) is 3.76. The van der Waals surface area contributed by atoms with E-state index >= 15 is 0 Å². The van der Waals surface area contributed by atoms with Crippen molar-refractivity contribution >= 4 is 34.8 Å². The molecule has 0 unspecified atom stereocenters. The average molecular weight is 336 g/mol. The summed E-state index contributed by atoms with van der Waals surface area (Å²) < 4.78 is 0. The molecule has 0 nitrogen and oxygen atoms in total. The van der Waals surface area contributed by atoms with E-state index in [1.54, 1.807) is 0 Å². The zero-order valence-corrected chi connectivity index (χ0v) is 14.6. The molecule has 0 bridgehead atoms. The molecule has 0 aromatic heterocycles. The Morgan fingerprint density at radius 2 is 1.50 bits per heavy atom. The van der Waals surface area contributed by atoms with Gasteiger partial charge in [-0.15, -0.1) is 23.2 Å². The lowest BCUT2D eigenvalue weighted by atomic mass is 9.79. The molecule has 0 aliphatic carbocycles. The molecule has 1 rings (SSSR count). The molecular formula is C17H25Cl3. The smallest absolute Gasteiger partial charge is 0.0444 e. The molecule has 0 atom stereocenters. The molecule has 1 aromatic carbocycles. The first kappa shape index (κ1) is 18.1. The molecule has 0 spiro atoms. The van der Waals surface area contributed by atoms with Gasteiger partial charge in [0.05, 0.1) is 0 Å². The normalized spacial score (nSPS) is 11.8. The lowest BCUT2D eigenvalue weighted by molar-refractivity contribution is 0.452. The van der Waals surface area contributed by atoms with Crippen molar-refractivity contribution in [2.45, 2.75) is 57.3 Å². The first-order valence-electron chi connectivity index (χ1n) is 7.57. The molecular weight excluding hydrogens is 311 g/mol. The third-order valence-corrected chi connectivity index (χ3v) is 5.32. The Morgan fingerprint density at radius 3 is 2.10 bits per heavy atom. The number of alkyl halides is 2. The molecule has 0 radical (unpaired) electrons. The van der Waals surface area contributed by atoms with Crippen LogP contribution in [0.1, 0.15) is 57.4 Å². The van der Waals surface area contributed by atoms with Crippen molar-refractivity contribution in [2.24, 2.45) is 0 Å². The lowest BCUT2D eigenvalue weighted by Gasteiger charge is -2.31. The van der Waals surface area contributed by atoms with Gasteiger partial charge in [0.25, 0.3) is 0 Å². The van der Waals surface area contributed by atoms with Gasteiger partial charge >= 0.3 is 0 Å². The standard InChI is InChI=1S/C17H25Cl3/c1-2-3-4-5-6-9-12-17(13-18,14-19)15-10-7-8-11-16(15)20/h7-8,10-11H,2-6,9,12-14H2,1H3. The van der Waals surface area contributed by atoms with E-state index in [-0.39, 0.29) is 5.41 Å². The maximum absolute atomic E-state index is 6.33. The second kappa shape index (κ2) is 9.92. The van der Waals surface area contributed by atoms with E-state index in [2.05, 4.69) is 13.0 Å².